The molecule has 0 spiro atoms. The van der Waals surface area contributed by atoms with Crippen LogP contribution in [0.5, 0.6) is 0 Å². The quantitative estimate of drug-likeness (QED) is 0.399. The summed E-state index contributed by atoms with van der Waals surface area (Å²) in [5.41, 5.74) is 3.21. The molecule has 0 unspecified atom stereocenters. The summed E-state index contributed by atoms with van der Waals surface area (Å²) >= 11 is 0. The summed E-state index contributed by atoms with van der Waals surface area (Å²) in [5.74, 6) is -3.45. The van der Waals surface area contributed by atoms with Crippen LogP contribution in [0.25, 0.3) is 10.9 Å². The van der Waals surface area contributed by atoms with Crippen molar-refractivity contribution >= 4 is 22.8 Å². The first kappa shape index (κ1) is 23.1. The molecule has 0 aliphatic carbocycles. The van der Waals surface area contributed by atoms with Crippen molar-refractivity contribution in [1.29, 1.82) is 0 Å². The second-order valence-electron chi connectivity index (χ2n) is 8.33. The summed E-state index contributed by atoms with van der Waals surface area (Å²) in [6.07, 6.45) is 3.39. The Morgan fingerprint density at radius 2 is 1.85 bits per heavy atom. The lowest BCUT2D eigenvalue weighted by Crippen LogP contribution is -2.24. The SMILES string of the molecule is CC(C)c1c(C(=O)NCc2ccc(F)c(F)c2)c2ccc(C(=O)O)cc2n1Cc1cccnc1. The molecule has 0 aliphatic heterocycles. The zero-order valence-corrected chi connectivity index (χ0v) is 18.7. The van der Waals surface area contributed by atoms with E-state index >= 15 is 0 Å². The number of hydrogen-bond donors (Lipinski definition) is 2. The summed E-state index contributed by atoms with van der Waals surface area (Å²) in [6, 6.07) is 11.9. The van der Waals surface area contributed by atoms with Crippen molar-refractivity contribution in [2.75, 3.05) is 0 Å². The highest BCUT2D eigenvalue weighted by atomic mass is 19.2. The number of pyridine rings is 1. The van der Waals surface area contributed by atoms with Crippen LogP contribution in [-0.4, -0.2) is 26.5 Å². The minimum atomic E-state index is -1.06. The van der Waals surface area contributed by atoms with Crippen LogP contribution in [0.15, 0.2) is 60.9 Å². The number of aromatic nitrogens is 2. The molecule has 2 aromatic heterocycles. The van der Waals surface area contributed by atoms with Crippen LogP contribution in [-0.2, 0) is 13.1 Å². The highest BCUT2D eigenvalue weighted by Gasteiger charge is 2.25. The molecule has 0 radical (unpaired) electrons. The maximum absolute atomic E-state index is 13.6. The highest BCUT2D eigenvalue weighted by molar-refractivity contribution is 6.09. The third kappa shape index (κ3) is 4.52. The minimum Gasteiger partial charge on any atom is -0.478 e. The van der Waals surface area contributed by atoms with E-state index in [1.807, 2.05) is 30.5 Å². The lowest BCUT2D eigenvalue weighted by molar-refractivity contribution is 0.0696. The predicted molar refractivity (Wildman–Crippen MR) is 124 cm³/mol. The van der Waals surface area contributed by atoms with Gasteiger partial charge in [-0.25, -0.2) is 13.6 Å². The van der Waals surface area contributed by atoms with Gasteiger partial charge in [-0.1, -0.05) is 32.0 Å². The smallest absolute Gasteiger partial charge is 0.335 e. The summed E-state index contributed by atoms with van der Waals surface area (Å²) in [4.78, 5) is 29.2. The summed E-state index contributed by atoms with van der Waals surface area (Å²) < 4.78 is 28.8. The van der Waals surface area contributed by atoms with Crippen molar-refractivity contribution in [2.24, 2.45) is 0 Å². The van der Waals surface area contributed by atoms with Crippen molar-refractivity contribution in [3.05, 3.63) is 101 Å². The normalized spacial score (nSPS) is 11.2. The molecular formula is C26H23F2N3O3. The Hall–Kier alpha value is -4.07. The average molecular weight is 463 g/mol. The number of benzene rings is 2. The molecule has 0 aliphatic rings. The molecule has 2 aromatic carbocycles. The van der Waals surface area contributed by atoms with E-state index in [1.165, 1.54) is 12.1 Å². The molecule has 2 N–H and O–H groups in total. The average Bonchev–Trinajstić information content (AvgIpc) is 3.14. The number of carboxylic acid groups (broad SMARTS) is 1. The topological polar surface area (TPSA) is 84.2 Å². The number of carboxylic acids is 1. The van der Waals surface area contributed by atoms with E-state index in [-0.39, 0.29) is 23.9 Å². The Balaban J connectivity index is 1.81. The van der Waals surface area contributed by atoms with Crippen LogP contribution in [0, 0.1) is 11.6 Å². The fraction of sp³-hybridized carbons (Fsp3) is 0.192. The van der Waals surface area contributed by atoms with Gasteiger partial charge in [-0.05, 0) is 47.4 Å². The van der Waals surface area contributed by atoms with E-state index in [2.05, 4.69) is 10.3 Å². The summed E-state index contributed by atoms with van der Waals surface area (Å²) in [5, 5.41) is 12.9. The Morgan fingerprint density at radius 1 is 1.06 bits per heavy atom. The van der Waals surface area contributed by atoms with Crippen LogP contribution in [0.4, 0.5) is 8.78 Å². The van der Waals surface area contributed by atoms with Gasteiger partial charge in [0.1, 0.15) is 0 Å². The van der Waals surface area contributed by atoms with E-state index in [0.29, 0.717) is 28.6 Å². The van der Waals surface area contributed by atoms with Gasteiger partial charge in [0, 0.05) is 36.6 Å². The van der Waals surface area contributed by atoms with E-state index < -0.39 is 17.6 Å². The monoisotopic (exact) mass is 463 g/mol. The second kappa shape index (κ2) is 9.43. The lowest BCUT2D eigenvalue weighted by atomic mass is 10.0. The third-order valence-corrected chi connectivity index (χ3v) is 5.63. The zero-order valence-electron chi connectivity index (χ0n) is 18.7. The second-order valence-corrected chi connectivity index (χ2v) is 8.33. The van der Waals surface area contributed by atoms with Gasteiger partial charge in [-0.15, -0.1) is 0 Å². The van der Waals surface area contributed by atoms with Crippen LogP contribution >= 0.6 is 0 Å². The Kier molecular flexibility index (Phi) is 6.40. The molecule has 0 saturated carbocycles. The molecule has 6 nitrogen and oxygen atoms in total. The van der Waals surface area contributed by atoms with Gasteiger partial charge >= 0.3 is 5.97 Å². The molecule has 0 bridgehead atoms. The Morgan fingerprint density at radius 3 is 2.50 bits per heavy atom. The molecule has 0 fully saturated rings. The van der Waals surface area contributed by atoms with Crippen molar-refractivity contribution < 1.29 is 23.5 Å². The van der Waals surface area contributed by atoms with Gasteiger partial charge in [-0.3, -0.25) is 9.78 Å². The maximum Gasteiger partial charge on any atom is 0.335 e. The first-order valence-electron chi connectivity index (χ1n) is 10.8. The summed E-state index contributed by atoms with van der Waals surface area (Å²) in [6.45, 7) is 4.32. The standard InChI is InChI=1S/C26H23F2N3O3/c1-15(2)24-23(25(32)30-13-16-5-8-20(27)21(28)10-16)19-7-6-18(26(33)34)11-22(19)31(24)14-17-4-3-9-29-12-17/h3-12,15H,13-14H2,1-2H3,(H,30,32)(H,33,34). The molecular weight excluding hydrogens is 440 g/mol. The van der Waals surface area contributed by atoms with Crippen LogP contribution in [0.2, 0.25) is 0 Å². The van der Waals surface area contributed by atoms with Crippen LogP contribution in [0.1, 0.15) is 57.3 Å². The number of hydrogen-bond acceptors (Lipinski definition) is 3. The number of halogens is 2. The van der Waals surface area contributed by atoms with Gasteiger partial charge in [0.2, 0.25) is 0 Å². The molecule has 1 amide bonds. The van der Waals surface area contributed by atoms with Crippen LogP contribution < -0.4 is 5.32 Å². The number of amides is 1. The van der Waals surface area contributed by atoms with Gasteiger partial charge in [0.15, 0.2) is 11.6 Å². The number of nitrogens with zero attached hydrogens (tertiary/aromatic N) is 2. The first-order chi connectivity index (χ1) is 16.3. The zero-order chi connectivity index (χ0) is 24.4. The molecule has 4 aromatic rings. The van der Waals surface area contributed by atoms with Gasteiger partial charge in [0.25, 0.3) is 5.91 Å². The first-order valence-corrected chi connectivity index (χ1v) is 10.8. The molecule has 4 rings (SSSR count). The number of aromatic carboxylic acids is 1. The van der Waals surface area contributed by atoms with E-state index in [4.69, 9.17) is 0 Å². The summed E-state index contributed by atoms with van der Waals surface area (Å²) in [7, 11) is 0. The third-order valence-electron chi connectivity index (χ3n) is 5.63. The van der Waals surface area contributed by atoms with Gasteiger partial charge < -0.3 is 15.0 Å². The van der Waals surface area contributed by atoms with E-state index in [9.17, 15) is 23.5 Å². The largest absolute Gasteiger partial charge is 0.478 e. The van der Waals surface area contributed by atoms with Crippen molar-refractivity contribution in [1.82, 2.24) is 14.9 Å². The minimum absolute atomic E-state index is 0.00998. The Labute approximate surface area is 194 Å². The molecule has 174 valence electrons. The van der Waals surface area contributed by atoms with Gasteiger partial charge in [0.05, 0.1) is 16.6 Å². The van der Waals surface area contributed by atoms with Crippen molar-refractivity contribution in [3.63, 3.8) is 0 Å². The van der Waals surface area contributed by atoms with E-state index in [0.717, 1.165) is 23.4 Å². The highest BCUT2D eigenvalue weighted by Crippen LogP contribution is 2.33. The Bertz CT molecular complexity index is 1380. The van der Waals surface area contributed by atoms with Crippen molar-refractivity contribution in [3.8, 4) is 0 Å². The van der Waals surface area contributed by atoms with Gasteiger partial charge in [-0.2, -0.15) is 0 Å². The lowest BCUT2D eigenvalue weighted by Gasteiger charge is -2.15. The maximum atomic E-state index is 13.6. The number of carbonyl (C=O) groups is 2. The fourth-order valence-electron chi connectivity index (χ4n) is 4.11. The molecule has 2 heterocycles. The number of carbonyl (C=O) groups excluding carboxylic acids is 1. The molecule has 0 atom stereocenters. The molecule has 8 heteroatoms. The number of rotatable bonds is 7. The predicted octanol–water partition coefficient (Wildman–Crippen LogP) is 5.11. The molecule has 0 saturated heterocycles. The molecule has 34 heavy (non-hydrogen) atoms. The number of nitrogens with one attached hydrogen (secondary N) is 1. The van der Waals surface area contributed by atoms with Crippen molar-refractivity contribution in [2.45, 2.75) is 32.9 Å². The number of fused-ring (bicyclic) bond motifs is 1. The fourth-order valence-corrected chi connectivity index (χ4v) is 4.11. The van der Waals surface area contributed by atoms with E-state index in [1.54, 1.807) is 24.5 Å². The van der Waals surface area contributed by atoms with Crippen LogP contribution in [0.3, 0.4) is 0 Å².